The number of rotatable bonds is 5. The van der Waals surface area contributed by atoms with Gasteiger partial charge in [-0.1, -0.05) is 23.7 Å². The maximum atomic E-state index is 11.6. The largest absolute Gasteiger partial charge is 0.480 e. The van der Waals surface area contributed by atoms with E-state index >= 15 is 0 Å². The first kappa shape index (κ1) is 12.9. The molecule has 0 aliphatic heterocycles. The summed E-state index contributed by atoms with van der Waals surface area (Å²) in [5.41, 5.74) is 0.0200. The smallest absolute Gasteiger partial charge is 0.329 e. The zero-order valence-electron chi connectivity index (χ0n) is 9.78. The summed E-state index contributed by atoms with van der Waals surface area (Å²) in [6, 6.07) is 7.27. The van der Waals surface area contributed by atoms with Crippen molar-refractivity contribution >= 4 is 23.5 Å². The molecule has 96 valence electrons. The Kier molecular flexibility index (Phi) is 3.57. The molecule has 0 heterocycles. The molecule has 1 aliphatic carbocycles. The average molecular weight is 268 g/mol. The molecular weight excluding hydrogens is 254 g/mol. The van der Waals surface area contributed by atoms with Crippen molar-refractivity contribution in [1.29, 1.82) is 0 Å². The highest BCUT2D eigenvalue weighted by Crippen LogP contribution is 2.35. The van der Waals surface area contributed by atoms with E-state index in [1.54, 1.807) is 12.1 Å². The number of amides is 1. The molecule has 0 atom stereocenters. The molecule has 18 heavy (non-hydrogen) atoms. The third kappa shape index (κ3) is 3.01. The Morgan fingerprint density at radius 2 is 1.89 bits per heavy atom. The lowest BCUT2D eigenvalue weighted by Crippen LogP contribution is -2.43. The summed E-state index contributed by atoms with van der Waals surface area (Å²) in [7, 11) is 0. The minimum Gasteiger partial charge on any atom is -0.480 e. The van der Waals surface area contributed by atoms with Crippen LogP contribution in [0.15, 0.2) is 24.3 Å². The number of hydrogen-bond acceptors (Lipinski definition) is 2. The molecule has 1 fully saturated rings. The van der Waals surface area contributed by atoms with E-state index in [0.29, 0.717) is 24.3 Å². The van der Waals surface area contributed by atoms with Crippen molar-refractivity contribution in [3.05, 3.63) is 34.9 Å². The predicted molar refractivity (Wildman–Crippen MR) is 67.5 cm³/mol. The highest BCUT2D eigenvalue weighted by Gasteiger charge is 2.51. The molecule has 1 aromatic rings. The zero-order chi connectivity index (χ0) is 13.2. The van der Waals surface area contributed by atoms with Gasteiger partial charge in [0.1, 0.15) is 5.54 Å². The lowest BCUT2D eigenvalue weighted by Gasteiger charge is -2.12. The van der Waals surface area contributed by atoms with Crippen LogP contribution < -0.4 is 5.32 Å². The molecule has 0 radical (unpaired) electrons. The molecule has 1 amide bonds. The van der Waals surface area contributed by atoms with E-state index in [1.807, 2.05) is 12.1 Å². The van der Waals surface area contributed by atoms with E-state index in [1.165, 1.54) is 0 Å². The molecule has 2 rings (SSSR count). The molecule has 2 N–H and O–H groups in total. The molecule has 0 bridgehead atoms. The summed E-state index contributed by atoms with van der Waals surface area (Å²) in [6.07, 6.45) is 1.92. The van der Waals surface area contributed by atoms with Crippen LogP contribution in [0, 0.1) is 0 Å². The number of carboxylic acid groups (broad SMARTS) is 1. The van der Waals surface area contributed by atoms with Crippen molar-refractivity contribution in [3.8, 4) is 0 Å². The Bertz CT molecular complexity index is 466. The third-order valence-electron chi connectivity index (χ3n) is 3.09. The van der Waals surface area contributed by atoms with Gasteiger partial charge in [0.15, 0.2) is 0 Å². The molecule has 4 nitrogen and oxygen atoms in total. The van der Waals surface area contributed by atoms with Crippen molar-refractivity contribution in [2.75, 3.05) is 0 Å². The molecule has 1 aliphatic rings. The number of benzene rings is 1. The van der Waals surface area contributed by atoms with Gasteiger partial charge in [0.2, 0.25) is 5.91 Å². The van der Waals surface area contributed by atoms with Crippen LogP contribution in [0.2, 0.25) is 5.02 Å². The van der Waals surface area contributed by atoms with Crippen LogP contribution in [0.25, 0.3) is 0 Å². The topological polar surface area (TPSA) is 66.4 Å². The van der Waals surface area contributed by atoms with Crippen molar-refractivity contribution in [2.24, 2.45) is 0 Å². The summed E-state index contributed by atoms with van der Waals surface area (Å²) in [5.74, 6) is -1.16. The number of carbonyl (C=O) groups is 2. The highest BCUT2D eigenvalue weighted by atomic mass is 35.5. The van der Waals surface area contributed by atoms with Crippen LogP contribution in [0.1, 0.15) is 24.8 Å². The van der Waals surface area contributed by atoms with Gasteiger partial charge < -0.3 is 10.4 Å². The van der Waals surface area contributed by atoms with Gasteiger partial charge in [0, 0.05) is 11.4 Å². The molecule has 0 spiro atoms. The molecule has 0 saturated heterocycles. The minimum atomic E-state index is -0.989. The van der Waals surface area contributed by atoms with Crippen molar-refractivity contribution in [3.63, 3.8) is 0 Å². The van der Waals surface area contributed by atoms with Crippen molar-refractivity contribution < 1.29 is 14.7 Å². The Morgan fingerprint density at radius 1 is 1.28 bits per heavy atom. The minimum absolute atomic E-state index is 0.218. The summed E-state index contributed by atoms with van der Waals surface area (Å²) < 4.78 is 0. The fraction of sp³-hybridized carbons (Fsp3) is 0.385. The monoisotopic (exact) mass is 267 g/mol. The van der Waals surface area contributed by atoms with E-state index in [0.717, 1.165) is 5.56 Å². The number of nitrogens with one attached hydrogen (secondary N) is 1. The number of halogens is 1. The summed E-state index contributed by atoms with van der Waals surface area (Å²) in [6.45, 7) is 0. The normalized spacial score (nSPS) is 16.1. The van der Waals surface area contributed by atoms with E-state index in [2.05, 4.69) is 5.32 Å². The molecule has 0 aromatic heterocycles. The molecule has 5 heteroatoms. The van der Waals surface area contributed by atoms with Gasteiger partial charge in [-0.3, -0.25) is 4.79 Å². The van der Waals surface area contributed by atoms with Gasteiger partial charge in [0.05, 0.1) is 0 Å². The van der Waals surface area contributed by atoms with E-state index in [9.17, 15) is 9.59 Å². The summed E-state index contributed by atoms with van der Waals surface area (Å²) in [5, 5.41) is 12.2. The van der Waals surface area contributed by atoms with E-state index in [-0.39, 0.29) is 12.3 Å². The Labute approximate surface area is 110 Å². The number of carboxylic acids is 1. The Morgan fingerprint density at radius 3 is 2.39 bits per heavy atom. The summed E-state index contributed by atoms with van der Waals surface area (Å²) >= 11 is 5.76. The van der Waals surface area contributed by atoms with Crippen molar-refractivity contribution in [1.82, 2.24) is 5.32 Å². The second-order valence-corrected chi connectivity index (χ2v) is 5.00. The maximum Gasteiger partial charge on any atom is 0.329 e. The van der Waals surface area contributed by atoms with Crippen LogP contribution >= 0.6 is 11.6 Å². The van der Waals surface area contributed by atoms with Gasteiger partial charge in [-0.15, -0.1) is 0 Å². The van der Waals surface area contributed by atoms with Gasteiger partial charge in [-0.25, -0.2) is 4.79 Å². The second-order valence-electron chi connectivity index (χ2n) is 4.56. The third-order valence-corrected chi connectivity index (χ3v) is 3.34. The molecule has 0 unspecified atom stereocenters. The zero-order valence-corrected chi connectivity index (χ0v) is 10.5. The van der Waals surface area contributed by atoms with Crippen LogP contribution in [0.3, 0.4) is 0 Å². The first-order chi connectivity index (χ1) is 8.52. The maximum absolute atomic E-state index is 11.6. The van der Waals surface area contributed by atoms with Crippen LogP contribution in [0.4, 0.5) is 0 Å². The quantitative estimate of drug-likeness (QED) is 0.858. The number of aliphatic carboxylic acids is 1. The van der Waals surface area contributed by atoms with E-state index < -0.39 is 11.5 Å². The van der Waals surface area contributed by atoms with Gasteiger partial charge in [-0.05, 0) is 37.0 Å². The van der Waals surface area contributed by atoms with Crippen molar-refractivity contribution in [2.45, 2.75) is 31.2 Å². The first-order valence-corrected chi connectivity index (χ1v) is 6.18. The molecular formula is C13H14ClNO3. The lowest BCUT2D eigenvalue weighted by atomic mass is 10.1. The average Bonchev–Trinajstić information content (AvgIpc) is 3.09. The number of hydrogen-bond donors (Lipinski definition) is 2. The number of carbonyl (C=O) groups excluding carboxylic acids is 1. The van der Waals surface area contributed by atoms with Gasteiger partial charge in [-0.2, -0.15) is 0 Å². The predicted octanol–water partition coefficient (Wildman–Crippen LogP) is 2.01. The van der Waals surface area contributed by atoms with Crippen LogP contribution in [0.5, 0.6) is 0 Å². The van der Waals surface area contributed by atoms with Gasteiger partial charge in [0.25, 0.3) is 0 Å². The SMILES string of the molecule is O=C(CCc1ccc(Cl)cc1)NC1(C(=O)O)CC1. The molecule has 1 aromatic carbocycles. The fourth-order valence-electron chi connectivity index (χ4n) is 1.76. The standard InChI is InChI=1S/C13H14ClNO3/c14-10-4-1-9(2-5-10)3-6-11(16)15-13(7-8-13)12(17)18/h1-2,4-5H,3,6-8H2,(H,15,16)(H,17,18). The lowest BCUT2D eigenvalue weighted by molar-refractivity contribution is -0.143. The van der Waals surface area contributed by atoms with Gasteiger partial charge >= 0.3 is 5.97 Å². The first-order valence-electron chi connectivity index (χ1n) is 5.81. The highest BCUT2D eigenvalue weighted by molar-refractivity contribution is 6.30. The fourth-order valence-corrected chi connectivity index (χ4v) is 1.88. The summed E-state index contributed by atoms with van der Waals surface area (Å²) in [4.78, 5) is 22.5. The van der Waals surface area contributed by atoms with Crippen LogP contribution in [-0.2, 0) is 16.0 Å². The number of aryl methyl sites for hydroxylation is 1. The Balaban J connectivity index is 1.82. The second kappa shape index (κ2) is 4.98. The van der Waals surface area contributed by atoms with Crippen LogP contribution in [-0.4, -0.2) is 22.5 Å². The molecule has 1 saturated carbocycles. The van der Waals surface area contributed by atoms with E-state index in [4.69, 9.17) is 16.7 Å². The Hall–Kier alpha value is -1.55.